The first kappa shape index (κ1) is 12.2. The number of fused-ring (bicyclic) bond motifs is 1. The Morgan fingerprint density at radius 2 is 2.26 bits per heavy atom. The molecule has 2 heterocycles. The second-order valence-electron chi connectivity index (χ2n) is 5.53. The Labute approximate surface area is 113 Å². The number of pyridine rings is 1. The predicted molar refractivity (Wildman–Crippen MR) is 73.6 cm³/mol. The van der Waals surface area contributed by atoms with Crippen LogP contribution in [0.5, 0.6) is 0 Å². The van der Waals surface area contributed by atoms with Crippen molar-refractivity contribution in [3.05, 3.63) is 36.3 Å². The summed E-state index contributed by atoms with van der Waals surface area (Å²) in [4.78, 5) is 18.7. The molecule has 2 aromatic rings. The molecule has 0 atom stereocenters. The average Bonchev–Trinajstić information content (AvgIpc) is 3.17. The van der Waals surface area contributed by atoms with Crippen LogP contribution in [-0.2, 0) is 11.3 Å². The van der Waals surface area contributed by atoms with Gasteiger partial charge in [0.2, 0.25) is 5.91 Å². The number of rotatable bonds is 4. The SMILES string of the molecule is CC(C)C(=O)N(Cc1cnc2ccccn12)C1CC1. The van der Waals surface area contributed by atoms with E-state index in [0.29, 0.717) is 12.6 Å². The van der Waals surface area contributed by atoms with Crippen molar-refractivity contribution in [3.63, 3.8) is 0 Å². The zero-order chi connectivity index (χ0) is 13.4. The van der Waals surface area contributed by atoms with Gasteiger partial charge in [-0.2, -0.15) is 0 Å². The number of aromatic nitrogens is 2. The first-order valence-electron chi connectivity index (χ1n) is 6.88. The summed E-state index contributed by atoms with van der Waals surface area (Å²) in [6.45, 7) is 4.59. The molecule has 19 heavy (non-hydrogen) atoms. The molecular formula is C15H19N3O. The minimum atomic E-state index is 0.0554. The first-order chi connectivity index (χ1) is 9.16. The molecule has 2 aromatic heterocycles. The van der Waals surface area contributed by atoms with Gasteiger partial charge in [-0.05, 0) is 25.0 Å². The van der Waals surface area contributed by atoms with Gasteiger partial charge in [-0.1, -0.05) is 19.9 Å². The second-order valence-corrected chi connectivity index (χ2v) is 5.53. The zero-order valence-electron chi connectivity index (χ0n) is 11.4. The Balaban J connectivity index is 1.87. The molecule has 0 saturated heterocycles. The molecule has 4 heteroatoms. The summed E-state index contributed by atoms with van der Waals surface area (Å²) in [5, 5.41) is 0. The van der Waals surface area contributed by atoms with E-state index in [4.69, 9.17) is 0 Å². The van der Waals surface area contributed by atoms with Crippen molar-refractivity contribution in [2.45, 2.75) is 39.3 Å². The minimum absolute atomic E-state index is 0.0554. The van der Waals surface area contributed by atoms with E-state index in [-0.39, 0.29) is 11.8 Å². The summed E-state index contributed by atoms with van der Waals surface area (Å²) in [5.74, 6) is 0.299. The minimum Gasteiger partial charge on any atom is -0.334 e. The summed E-state index contributed by atoms with van der Waals surface area (Å²) in [6, 6.07) is 6.38. The molecule has 0 radical (unpaired) electrons. The average molecular weight is 257 g/mol. The van der Waals surface area contributed by atoms with Crippen molar-refractivity contribution in [1.82, 2.24) is 14.3 Å². The van der Waals surface area contributed by atoms with E-state index in [1.807, 2.05) is 49.3 Å². The lowest BCUT2D eigenvalue weighted by Crippen LogP contribution is -2.35. The van der Waals surface area contributed by atoms with Crippen LogP contribution >= 0.6 is 0 Å². The number of nitrogens with zero attached hydrogens (tertiary/aromatic N) is 3. The number of carbonyl (C=O) groups is 1. The molecule has 1 fully saturated rings. The van der Waals surface area contributed by atoms with Crippen LogP contribution in [0.25, 0.3) is 5.65 Å². The van der Waals surface area contributed by atoms with Gasteiger partial charge in [-0.3, -0.25) is 4.79 Å². The number of hydrogen-bond donors (Lipinski definition) is 0. The highest BCUT2D eigenvalue weighted by Crippen LogP contribution is 2.29. The van der Waals surface area contributed by atoms with Crippen molar-refractivity contribution in [2.75, 3.05) is 0 Å². The lowest BCUT2D eigenvalue weighted by Gasteiger charge is -2.24. The van der Waals surface area contributed by atoms with E-state index in [1.54, 1.807) is 0 Å². The fourth-order valence-electron chi connectivity index (χ4n) is 2.38. The molecule has 0 spiro atoms. The zero-order valence-corrected chi connectivity index (χ0v) is 11.4. The monoisotopic (exact) mass is 257 g/mol. The highest BCUT2D eigenvalue weighted by atomic mass is 16.2. The van der Waals surface area contributed by atoms with Crippen LogP contribution in [0.1, 0.15) is 32.4 Å². The van der Waals surface area contributed by atoms with Crippen molar-refractivity contribution >= 4 is 11.6 Å². The molecule has 1 aliphatic carbocycles. The van der Waals surface area contributed by atoms with Crippen molar-refractivity contribution in [2.24, 2.45) is 5.92 Å². The van der Waals surface area contributed by atoms with Gasteiger partial charge in [0.25, 0.3) is 0 Å². The maximum absolute atomic E-state index is 12.3. The molecule has 1 aliphatic rings. The molecule has 0 aliphatic heterocycles. The van der Waals surface area contributed by atoms with Crippen LogP contribution in [0.15, 0.2) is 30.6 Å². The highest BCUT2D eigenvalue weighted by molar-refractivity contribution is 5.78. The normalized spacial score (nSPS) is 15.1. The standard InChI is InChI=1S/C15H19N3O/c1-11(2)15(19)18(12-6-7-12)10-13-9-16-14-5-3-4-8-17(13)14/h3-5,8-9,11-12H,6-7,10H2,1-2H3. The van der Waals surface area contributed by atoms with Gasteiger partial charge in [0.1, 0.15) is 5.65 Å². The van der Waals surface area contributed by atoms with Crippen LogP contribution in [0.2, 0.25) is 0 Å². The van der Waals surface area contributed by atoms with Crippen LogP contribution < -0.4 is 0 Å². The smallest absolute Gasteiger partial charge is 0.225 e. The Morgan fingerprint density at radius 1 is 1.47 bits per heavy atom. The van der Waals surface area contributed by atoms with Gasteiger partial charge in [0.05, 0.1) is 18.4 Å². The van der Waals surface area contributed by atoms with Gasteiger partial charge < -0.3 is 9.30 Å². The molecule has 1 saturated carbocycles. The third-order valence-corrected chi connectivity index (χ3v) is 3.59. The van der Waals surface area contributed by atoms with Crippen LogP contribution in [0, 0.1) is 5.92 Å². The maximum atomic E-state index is 12.3. The molecule has 0 unspecified atom stereocenters. The molecule has 100 valence electrons. The van der Waals surface area contributed by atoms with E-state index in [0.717, 1.165) is 24.2 Å². The second kappa shape index (κ2) is 4.68. The Kier molecular flexibility index (Phi) is 3.01. The summed E-state index contributed by atoms with van der Waals surface area (Å²) < 4.78 is 2.06. The van der Waals surface area contributed by atoms with Crippen molar-refractivity contribution in [1.29, 1.82) is 0 Å². The van der Waals surface area contributed by atoms with Gasteiger partial charge in [0.15, 0.2) is 0 Å². The molecule has 0 bridgehead atoms. The highest BCUT2D eigenvalue weighted by Gasteiger charge is 2.33. The van der Waals surface area contributed by atoms with E-state index >= 15 is 0 Å². The van der Waals surface area contributed by atoms with Gasteiger partial charge >= 0.3 is 0 Å². The number of hydrogen-bond acceptors (Lipinski definition) is 2. The Bertz CT molecular complexity index is 598. The van der Waals surface area contributed by atoms with E-state index in [9.17, 15) is 4.79 Å². The summed E-state index contributed by atoms with van der Waals surface area (Å²) >= 11 is 0. The number of amides is 1. The number of carbonyl (C=O) groups excluding carboxylic acids is 1. The van der Waals surface area contributed by atoms with Gasteiger partial charge in [-0.25, -0.2) is 4.98 Å². The molecule has 0 N–H and O–H groups in total. The van der Waals surface area contributed by atoms with Gasteiger partial charge in [-0.15, -0.1) is 0 Å². The van der Waals surface area contributed by atoms with Crippen molar-refractivity contribution < 1.29 is 4.79 Å². The quantitative estimate of drug-likeness (QED) is 0.844. The van der Waals surface area contributed by atoms with E-state index in [1.165, 1.54) is 0 Å². The Hall–Kier alpha value is -1.84. The third kappa shape index (κ3) is 2.35. The third-order valence-electron chi connectivity index (χ3n) is 3.59. The molecule has 0 aromatic carbocycles. The van der Waals surface area contributed by atoms with Gasteiger partial charge in [0, 0.05) is 18.2 Å². The fourth-order valence-corrected chi connectivity index (χ4v) is 2.38. The molecule has 3 rings (SSSR count). The number of imidazole rings is 1. The summed E-state index contributed by atoms with van der Waals surface area (Å²) in [5.41, 5.74) is 2.02. The molecular weight excluding hydrogens is 238 g/mol. The van der Waals surface area contributed by atoms with Crippen LogP contribution in [0.3, 0.4) is 0 Å². The summed E-state index contributed by atoms with van der Waals surface area (Å²) in [6.07, 6.45) is 6.14. The van der Waals surface area contributed by atoms with E-state index < -0.39 is 0 Å². The molecule has 4 nitrogen and oxygen atoms in total. The van der Waals surface area contributed by atoms with E-state index in [2.05, 4.69) is 9.38 Å². The molecule has 1 amide bonds. The van der Waals surface area contributed by atoms with Crippen LogP contribution in [0.4, 0.5) is 0 Å². The largest absolute Gasteiger partial charge is 0.334 e. The summed E-state index contributed by atoms with van der Waals surface area (Å²) in [7, 11) is 0. The fraction of sp³-hybridized carbons (Fsp3) is 0.467. The lowest BCUT2D eigenvalue weighted by molar-refractivity contribution is -0.135. The first-order valence-corrected chi connectivity index (χ1v) is 6.88. The topological polar surface area (TPSA) is 37.6 Å². The van der Waals surface area contributed by atoms with Crippen molar-refractivity contribution in [3.8, 4) is 0 Å². The Morgan fingerprint density at radius 3 is 2.95 bits per heavy atom. The van der Waals surface area contributed by atoms with Crippen LogP contribution in [-0.4, -0.2) is 26.2 Å². The maximum Gasteiger partial charge on any atom is 0.225 e. The predicted octanol–water partition coefficient (Wildman–Crippen LogP) is 2.48. The lowest BCUT2D eigenvalue weighted by atomic mass is 10.2.